The molecule has 0 spiro atoms. The highest BCUT2D eigenvalue weighted by Crippen LogP contribution is 2.20. The van der Waals surface area contributed by atoms with E-state index in [9.17, 15) is 0 Å². The highest BCUT2D eigenvalue weighted by atomic mass is 32.1. The van der Waals surface area contributed by atoms with Crippen LogP contribution in [0.5, 0.6) is 0 Å². The van der Waals surface area contributed by atoms with Crippen LogP contribution in [0, 0.1) is 13.8 Å². The van der Waals surface area contributed by atoms with Crippen LogP contribution in [0.25, 0.3) is 4.96 Å². The van der Waals surface area contributed by atoms with Gasteiger partial charge in [0.1, 0.15) is 0 Å². The van der Waals surface area contributed by atoms with Crippen LogP contribution >= 0.6 is 11.3 Å². The van der Waals surface area contributed by atoms with Crippen LogP contribution in [0.2, 0.25) is 0 Å². The van der Waals surface area contributed by atoms with Crippen molar-refractivity contribution in [3.63, 3.8) is 0 Å². The summed E-state index contributed by atoms with van der Waals surface area (Å²) < 4.78 is 2.20. The van der Waals surface area contributed by atoms with Gasteiger partial charge in [0.05, 0.1) is 11.4 Å². The standard InChI is InChI=1S/C12H19N3S/c1-8-7-15-10(6-13-12(3,4)5)9(2)14-11(15)16-8/h7,13H,6H2,1-5H3. The monoisotopic (exact) mass is 237 g/mol. The zero-order chi connectivity index (χ0) is 11.9. The number of aryl methyl sites for hydroxylation is 2. The van der Waals surface area contributed by atoms with Crippen LogP contribution in [-0.2, 0) is 6.54 Å². The molecule has 2 aromatic heterocycles. The molecule has 3 nitrogen and oxygen atoms in total. The fourth-order valence-electron chi connectivity index (χ4n) is 1.67. The Balaban J connectivity index is 2.31. The molecular weight excluding hydrogens is 218 g/mol. The van der Waals surface area contributed by atoms with Gasteiger partial charge in [-0.05, 0) is 34.6 Å². The molecule has 2 heterocycles. The molecule has 0 saturated heterocycles. The van der Waals surface area contributed by atoms with E-state index in [1.807, 2.05) is 0 Å². The van der Waals surface area contributed by atoms with Crippen molar-refractivity contribution in [2.24, 2.45) is 0 Å². The maximum Gasteiger partial charge on any atom is 0.194 e. The van der Waals surface area contributed by atoms with Crippen LogP contribution in [0.4, 0.5) is 0 Å². The SMILES string of the molecule is Cc1cn2c(CNC(C)(C)C)c(C)nc2s1. The van der Waals surface area contributed by atoms with Gasteiger partial charge in [-0.25, -0.2) is 4.98 Å². The van der Waals surface area contributed by atoms with Crippen LogP contribution in [0.15, 0.2) is 6.20 Å². The van der Waals surface area contributed by atoms with E-state index in [4.69, 9.17) is 0 Å². The molecule has 2 aromatic rings. The summed E-state index contributed by atoms with van der Waals surface area (Å²) in [4.78, 5) is 6.98. The summed E-state index contributed by atoms with van der Waals surface area (Å²) in [6.45, 7) is 11.6. The lowest BCUT2D eigenvalue weighted by Gasteiger charge is -2.20. The first kappa shape index (κ1) is 11.6. The van der Waals surface area contributed by atoms with E-state index < -0.39 is 0 Å². The van der Waals surface area contributed by atoms with Crippen LogP contribution in [0.1, 0.15) is 37.0 Å². The van der Waals surface area contributed by atoms with Gasteiger partial charge in [-0.2, -0.15) is 0 Å². The van der Waals surface area contributed by atoms with Gasteiger partial charge in [0.25, 0.3) is 0 Å². The third-order valence-corrected chi connectivity index (χ3v) is 3.43. The Kier molecular flexibility index (Phi) is 2.80. The molecule has 4 heteroatoms. The van der Waals surface area contributed by atoms with Crippen LogP contribution in [-0.4, -0.2) is 14.9 Å². The second kappa shape index (κ2) is 3.86. The molecule has 16 heavy (non-hydrogen) atoms. The number of fused-ring (bicyclic) bond motifs is 1. The Morgan fingerprint density at radius 3 is 2.69 bits per heavy atom. The zero-order valence-electron chi connectivity index (χ0n) is 10.6. The van der Waals surface area contributed by atoms with Crippen molar-refractivity contribution >= 4 is 16.3 Å². The van der Waals surface area contributed by atoms with Crippen LogP contribution < -0.4 is 5.32 Å². The number of rotatable bonds is 2. The van der Waals surface area contributed by atoms with Crippen molar-refractivity contribution in [3.05, 3.63) is 22.5 Å². The number of aromatic nitrogens is 2. The quantitative estimate of drug-likeness (QED) is 0.870. The minimum Gasteiger partial charge on any atom is -0.306 e. The third kappa shape index (κ3) is 2.28. The van der Waals surface area contributed by atoms with Gasteiger partial charge in [-0.1, -0.05) is 0 Å². The summed E-state index contributed by atoms with van der Waals surface area (Å²) in [5.41, 5.74) is 2.54. The Morgan fingerprint density at radius 1 is 1.38 bits per heavy atom. The molecule has 0 fully saturated rings. The molecule has 1 N–H and O–H groups in total. The van der Waals surface area contributed by atoms with Crippen molar-refractivity contribution < 1.29 is 0 Å². The van der Waals surface area contributed by atoms with Crippen molar-refractivity contribution in [3.8, 4) is 0 Å². The average Bonchev–Trinajstić information content (AvgIpc) is 2.56. The van der Waals surface area contributed by atoms with Crippen molar-refractivity contribution in [2.75, 3.05) is 0 Å². The van der Waals surface area contributed by atoms with Crippen LogP contribution in [0.3, 0.4) is 0 Å². The maximum atomic E-state index is 4.58. The van der Waals surface area contributed by atoms with Gasteiger partial charge in [-0.15, -0.1) is 11.3 Å². The summed E-state index contributed by atoms with van der Waals surface area (Å²) in [7, 11) is 0. The number of hydrogen-bond acceptors (Lipinski definition) is 3. The molecule has 2 rings (SSSR count). The largest absolute Gasteiger partial charge is 0.306 e. The summed E-state index contributed by atoms with van der Waals surface area (Å²) in [5, 5.41) is 3.51. The number of imidazole rings is 1. The fraction of sp³-hybridized carbons (Fsp3) is 0.583. The third-order valence-electron chi connectivity index (χ3n) is 2.53. The topological polar surface area (TPSA) is 29.3 Å². The average molecular weight is 237 g/mol. The molecule has 0 aromatic carbocycles. The normalized spacial score (nSPS) is 12.6. The van der Waals surface area contributed by atoms with Gasteiger partial charge >= 0.3 is 0 Å². The summed E-state index contributed by atoms with van der Waals surface area (Å²) in [5.74, 6) is 0. The molecule has 0 saturated carbocycles. The first-order chi connectivity index (χ1) is 7.37. The first-order valence-electron chi connectivity index (χ1n) is 5.56. The molecule has 0 amide bonds. The molecule has 0 atom stereocenters. The van der Waals surface area contributed by atoms with Crippen molar-refractivity contribution in [1.82, 2.24) is 14.7 Å². The van der Waals surface area contributed by atoms with Gasteiger partial charge in [0, 0.05) is 23.2 Å². The fourth-order valence-corrected chi connectivity index (χ4v) is 2.56. The predicted molar refractivity (Wildman–Crippen MR) is 69.1 cm³/mol. The van der Waals surface area contributed by atoms with E-state index >= 15 is 0 Å². The van der Waals surface area contributed by atoms with Gasteiger partial charge < -0.3 is 5.32 Å². The Morgan fingerprint density at radius 2 is 2.06 bits per heavy atom. The molecule has 0 bridgehead atoms. The maximum absolute atomic E-state index is 4.58. The molecule has 0 radical (unpaired) electrons. The number of nitrogens with one attached hydrogen (secondary N) is 1. The van der Waals surface area contributed by atoms with E-state index in [1.165, 1.54) is 10.6 Å². The van der Waals surface area contributed by atoms with Gasteiger partial charge in [0.15, 0.2) is 4.96 Å². The molecule has 0 aliphatic rings. The number of nitrogens with zero attached hydrogens (tertiary/aromatic N) is 2. The lowest BCUT2D eigenvalue weighted by Crippen LogP contribution is -2.35. The summed E-state index contributed by atoms with van der Waals surface area (Å²) in [6.07, 6.45) is 2.17. The zero-order valence-corrected chi connectivity index (χ0v) is 11.4. The number of thiazole rings is 1. The molecule has 0 aliphatic carbocycles. The highest BCUT2D eigenvalue weighted by molar-refractivity contribution is 7.17. The first-order valence-corrected chi connectivity index (χ1v) is 6.37. The molecule has 0 aliphatic heterocycles. The van der Waals surface area contributed by atoms with E-state index in [0.717, 1.165) is 17.2 Å². The smallest absolute Gasteiger partial charge is 0.194 e. The van der Waals surface area contributed by atoms with Gasteiger partial charge in [-0.3, -0.25) is 4.40 Å². The second-order valence-corrected chi connectivity index (χ2v) is 6.46. The summed E-state index contributed by atoms with van der Waals surface area (Å²) in [6, 6.07) is 0. The van der Waals surface area contributed by atoms with Crippen molar-refractivity contribution in [1.29, 1.82) is 0 Å². The molecule has 88 valence electrons. The summed E-state index contributed by atoms with van der Waals surface area (Å²) >= 11 is 1.74. The molecule has 0 unspecified atom stereocenters. The van der Waals surface area contributed by atoms with Gasteiger partial charge in [0.2, 0.25) is 0 Å². The lowest BCUT2D eigenvalue weighted by molar-refractivity contribution is 0.420. The van der Waals surface area contributed by atoms with E-state index in [0.29, 0.717) is 0 Å². The highest BCUT2D eigenvalue weighted by Gasteiger charge is 2.14. The van der Waals surface area contributed by atoms with E-state index in [1.54, 1.807) is 11.3 Å². The lowest BCUT2D eigenvalue weighted by atomic mass is 10.1. The van der Waals surface area contributed by atoms with Crippen molar-refractivity contribution in [2.45, 2.75) is 46.7 Å². The minimum absolute atomic E-state index is 0.141. The minimum atomic E-state index is 0.141. The Labute approximate surface area is 101 Å². The van der Waals surface area contributed by atoms with E-state index in [2.05, 4.69) is 55.5 Å². The van der Waals surface area contributed by atoms with E-state index in [-0.39, 0.29) is 5.54 Å². The predicted octanol–water partition coefficient (Wildman–Crippen LogP) is 2.90. The number of hydrogen-bond donors (Lipinski definition) is 1. The Bertz CT molecular complexity index is 502. The second-order valence-electron chi connectivity index (χ2n) is 5.24. The molecular formula is C12H19N3S. The Hall–Kier alpha value is -0.870.